The number of benzene rings is 1. The standard InChI is InChI=1S/C9H9Br2FO/c10-4-1-5-13-9-6-7(11)2-3-8(9)12/h2-3,6H,1,4-5H2. The summed E-state index contributed by atoms with van der Waals surface area (Å²) in [5.74, 6) is -0.0203. The molecule has 0 atom stereocenters. The van der Waals surface area contributed by atoms with E-state index in [0.717, 1.165) is 16.2 Å². The van der Waals surface area contributed by atoms with Crippen LogP contribution in [0.2, 0.25) is 0 Å². The second-order valence-corrected chi connectivity index (χ2v) is 4.17. The molecule has 1 rings (SSSR count). The van der Waals surface area contributed by atoms with Crippen LogP contribution in [0.5, 0.6) is 5.75 Å². The van der Waals surface area contributed by atoms with Gasteiger partial charge in [0.1, 0.15) is 0 Å². The topological polar surface area (TPSA) is 9.23 Å². The average Bonchev–Trinajstić information content (AvgIpc) is 2.11. The molecule has 0 unspecified atom stereocenters. The van der Waals surface area contributed by atoms with E-state index in [1.807, 2.05) is 0 Å². The Morgan fingerprint density at radius 2 is 2.15 bits per heavy atom. The second kappa shape index (κ2) is 5.60. The number of rotatable bonds is 4. The maximum Gasteiger partial charge on any atom is 0.165 e. The SMILES string of the molecule is Fc1ccc(Br)cc1OCCCBr. The minimum Gasteiger partial charge on any atom is -0.490 e. The summed E-state index contributed by atoms with van der Waals surface area (Å²) in [4.78, 5) is 0. The zero-order valence-electron chi connectivity index (χ0n) is 6.90. The van der Waals surface area contributed by atoms with Crippen molar-refractivity contribution in [1.82, 2.24) is 0 Å². The van der Waals surface area contributed by atoms with Gasteiger partial charge in [-0.3, -0.25) is 0 Å². The van der Waals surface area contributed by atoms with E-state index in [1.54, 1.807) is 12.1 Å². The predicted molar refractivity (Wildman–Crippen MR) is 58.0 cm³/mol. The summed E-state index contributed by atoms with van der Waals surface area (Å²) < 4.78 is 19.1. The van der Waals surface area contributed by atoms with Crippen LogP contribution in [-0.4, -0.2) is 11.9 Å². The molecule has 0 amide bonds. The van der Waals surface area contributed by atoms with Crippen molar-refractivity contribution in [3.63, 3.8) is 0 Å². The Morgan fingerprint density at radius 3 is 2.85 bits per heavy atom. The van der Waals surface area contributed by atoms with Crippen LogP contribution in [0, 0.1) is 5.82 Å². The molecular weight excluding hydrogens is 303 g/mol. The summed E-state index contributed by atoms with van der Waals surface area (Å²) in [7, 11) is 0. The Bertz CT molecular complexity index is 278. The van der Waals surface area contributed by atoms with E-state index in [2.05, 4.69) is 31.9 Å². The Hall–Kier alpha value is -0.0900. The molecule has 1 nitrogen and oxygen atoms in total. The van der Waals surface area contributed by atoms with Crippen molar-refractivity contribution in [1.29, 1.82) is 0 Å². The van der Waals surface area contributed by atoms with E-state index >= 15 is 0 Å². The maximum atomic E-state index is 13.0. The molecule has 0 fully saturated rings. The first-order valence-electron chi connectivity index (χ1n) is 3.88. The fourth-order valence-electron chi connectivity index (χ4n) is 0.824. The van der Waals surface area contributed by atoms with Crippen molar-refractivity contribution in [3.05, 3.63) is 28.5 Å². The highest BCUT2D eigenvalue weighted by molar-refractivity contribution is 9.10. The molecule has 0 aliphatic carbocycles. The summed E-state index contributed by atoms with van der Waals surface area (Å²) in [6, 6.07) is 4.66. The first-order chi connectivity index (χ1) is 6.24. The zero-order chi connectivity index (χ0) is 9.68. The van der Waals surface area contributed by atoms with Gasteiger partial charge in [0.25, 0.3) is 0 Å². The van der Waals surface area contributed by atoms with Crippen LogP contribution in [0.3, 0.4) is 0 Å². The van der Waals surface area contributed by atoms with Crippen LogP contribution in [0.25, 0.3) is 0 Å². The summed E-state index contributed by atoms with van der Waals surface area (Å²) in [5, 5.41) is 0.864. The van der Waals surface area contributed by atoms with E-state index < -0.39 is 0 Å². The van der Waals surface area contributed by atoms with Gasteiger partial charge in [-0.25, -0.2) is 4.39 Å². The number of hydrogen-bond donors (Lipinski definition) is 0. The molecule has 0 aromatic heterocycles. The monoisotopic (exact) mass is 310 g/mol. The Kier molecular flexibility index (Phi) is 4.73. The molecule has 1 aromatic rings. The lowest BCUT2D eigenvalue weighted by Crippen LogP contribution is -1.99. The first kappa shape index (κ1) is 11.0. The lowest BCUT2D eigenvalue weighted by atomic mass is 10.3. The van der Waals surface area contributed by atoms with Gasteiger partial charge in [0.2, 0.25) is 0 Å². The highest BCUT2D eigenvalue weighted by Gasteiger charge is 2.02. The number of halogens is 3. The number of hydrogen-bond acceptors (Lipinski definition) is 1. The molecule has 0 aliphatic heterocycles. The van der Waals surface area contributed by atoms with Crippen LogP contribution in [-0.2, 0) is 0 Å². The lowest BCUT2D eigenvalue weighted by Gasteiger charge is -2.05. The van der Waals surface area contributed by atoms with Crippen LogP contribution in [0.15, 0.2) is 22.7 Å². The van der Waals surface area contributed by atoms with Gasteiger partial charge < -0.3 is 4.74 Å². The molecule has 1 aromatic carbocycles. The predicted octanol–water partition coefficient (Wildman–Crippen LogP) is 3.75. The van der Waals surface area contributed by atoms with Crippen LogP contribution < -0.4 is 4.74 Å². The summed E-state index contributed by atoms with van der Waals surface area (Å²) in [5.41, 5.74) is 0. The molecule has 0 N–H and O–H groups in total. The molecule has 0 radical (unpaired) electrons. The van der Waals surface area contributed by atoms with E-state index in [9.17, 15) is 4.39 Å². The van der Waals surface area contributed by atoms with Gasteiger partial charge >= 0.3 is 0 Å². The highest BCUT2D eigenvalue weighted by Crippen LogP contribution is 2.22. The zero-order valence-corrected chi connectivity index (χ0v) is 10.1. The van der Waals surface area contributed by atoms with Gasteiger partial charge in [0.15, 0.2) is 11.6 Å². The Labute approximate surface area is 93.5 Å². The Balaban J connectivity index is 2.59. The van der Waals surface area contributed by atoms with Crippen LogP contribution in [0.4, 0.5) is 4.39 Å². The summed E-state index contributed by atoms with van der Waals surface area (Å²) in [6.45, 7) is 0.526. The minimum absolute atomic E-state index is 0.301. The fourth-order valence-corrected chi connectivity index (χ4v) is 1.39. The third-order valence-electron chi connectivity index (χ3n) is 1.43. The van der Waals surface area contributed by atoms with Crippen molar-refractivity contribution in [2.24, 2.45) is 0 Å². The van der Waals surface area contributed by atoms with Crippen LogP contribution in [0.1, 0.15) is 6.42 Å². The van der Waals surface area contributed by atoms with E-state index in [4.69, 9.17) is 4.74 Å². The molecule has 0 bridgehead atoms. The molecule has 0 saturated carbocycles. The van der Waals surface area contributed by atoms with Gasteiger partial charge in [0.05, 0.1) is 6.61 Å². The van der Waals surface area contributed by atoms with Gasteiger partial charge in [-0.05, 0) is 24.6 Å². The van der Waals surface area contributed by atoms with E-state index in [-0.39, 0.29) is 5.82 Å². The third-order valence-corrected chi connectivity index (χ3v) is 2.48. The summed E-state index contributed by atoms with van der Waals surface area (Å²) in [6.07, 6.45) is 0.867. The van der Waals surface area contributed by atoms with E-state index in [0.29, 0.717) is 12.4 Å². The average molecular weight is 312 g/mol. The van der Waals surface area contributed by atoms with Gasteiger partial charge in [0, 0.05) is 9.80 Å². The van der Waals surface area contributed by atoms with Crippen LogP contribution >= 0.6 is 31.9 Å². The van der Waals surface area contributed by atoms with E-state index in [1.165, 1.54) is 6.07 Å². The van der Waals surface area contributed by atoms with Crippen molar-refractivity contribution in [2.45, 2.75) is 6.42 Å². The number of alkyl halides is 1. The van der Waals surface area contributed by atoms with Crippen molar-refractivity contribution < 1.29 is 9.13 Å². The molecule has 0 heterocycles. The Morgan fingerprint density at radius 1 is 1.38 bits per heavy atom. The van der Waals surface area contributed by atoms with Gasteiger partial charge in [-0.15, -0.1) is 0 Å². The smallest absolute Gasteiger partial charge is 0.165 e. The second-order valence-electron chi connectivity index (χ2n) is 2.47. The van der Waals surface area contributed by atoms with Gasteiger partial charge in [-0.1, -0.05) is 31.9 Å². The lowest BCUT2D eigenvalue weighted by molar-refractivity contribution is 0.302. The minimum atomic E-state index is -0.322. The van der Waals surface area contributed by atoms with Crippen molar-refractivity contribution in [3.8, 4) is 5.75 Å². The fraction of sp³-hybridized carbons (Fsp3) is 0.333. The molecule has 13 heavy (non-hydrogen) atoms. The molecule has 72 valence electrons. The largest absolute Gasteiger partial charge is 0.490 e. The maximum absolute atomic E-state index is 13.0. The van der Waals surface area contributed by atoms with Crippen molar-refractivity contribution >= 4 is 31.9 Å². The molecule has 4 heteroatoms. The number of ether oxygens (including phenoxy) is 1. The summed E-state index contributed by atoms with van der Waals surface area (Å²) >= 11 is 6.52. The molecule has 0 spiro atoms. The van der Waals surface area contributed by atoms with Crippen molar-refractivity contribution in [2.75, 3.05) is 11.9 Å². The van der Waals surface area contributed by atoms with Gasteiger partial charge in [-0.2, -0.15) is 0 Å². The molecule has 0 aliphatic rings. The third kappa shape index (κ3) is 3.65. The first-order valence-corrected chi connectivity index (χ1v) is 5.79. The molecular formula is C9H9Br2FO. The quantitative estimate of drug-likeness (QED) is 0.608. The molecule has 0 saturated heterocycles. The highest BCUT2D eigenvalue weighted by atomic mass is 79.9. The normalized spacial score (nSPS) is 10.1.